The summed E-state index contributed by atoms with van der Waals surface area (Å²) in [5, 5.41) is 2.83. The molecular formula is C21H20N2O3. The van der Waals surface area contributed by atoms with Crippen LogP contribution in [0.25, 0.3) is 5.57 Å². The van der Waals surface area contributed by atoms with E-state index in [1.807, 2.05) is 66.7 Å². The zero-order chi connectivity index (χ0) is 18.4. The van der Waals surface area contributed by atoms with Gasteiger partial charge in [0, 0.05) is 11.8 Å². The Hall–Kier alpha value is -3.34. The lowest BCUT2D eigenvalue weighted by atomic mass is 9.99. The molecule has 0 radical (unpaired) electrons. The van der Waals surface area contributed by atoms with Gasteiger partial charge in [-0.25, -0.2) is 4.79 Å². The molecule has 0 aromatic heterocycles. The quantitative estimate of drug-likeness (QED) is 0.630. The molecule has 0 spiro atoms. The maximum Gasteiger partial charge on any atom is 0.408 e. The Bertz CT molecular complexity index is 843. The molecule has 2 aromatic rings. The highest BCUT2D eigenvalue weighted by Gasteiger charge is 2.35. The molecule has 0 bridgehead atoms. The van der Waals surface area contributed by atoms with Crippen LogP contribution in [0.1, 0.15) is 17.2 Å². The monoisotopic (exact) mass is 348 g/mol. The summed E-state index contributed by atoms with van der Waals surface area (Å²) in [5.74, 6) is 0.680. The molecule has 5 nitrogen and oxygen atoms in total. The first-order valence-corrected chi connectivity index (χ1v) is 8.22. The highest BCUT2D eigenvalue weighted by molar-refractivity contribution is 5.75. The van der Waals surface area contributed by atoms with E-state index in [1.54, 1.807) is 13.3 Å². The number of nitrogens with one attached hydrogen (secondary N) is 1. The number of nitrogens with zero attached hydrogens (tertiary/aromatic N) is 1. The van der Waals surface area contributed by atoms with E-state index in [2.05, 4.69) is 17.0 Å². The molecule has 1 heterocycles. The normalized spacial score (nSPS) is 19.9. The van der Waals surface area contributed by atoms with Crippen molar-refractivity contribution >= 4 is 18.4 Å². The second-order valence-corrected chi connectivity index (χ2v) is 5.73. The van der Waals surface area contributed by atoms with Crippen LogP contribution in [0, 0.1) is 0 Å². The van der Waals surface area contributed by atoms with Gasteiger partial charge >= 0.3 is 6.09 Å². The molecule has 1 aliphatic heterocycles. The number of aliphatic imine (C=N–C) groups is 1. The van der Waals surface area contributed by atoms with E-state index in [-0.39, 0.29) is 6.04 Å². The summed E-state index contributed by atoms with van der Waals surface area (Å²) in [5.41, 5.74) is 2.71. The molecule has 2 atom stereocenters. The summed E-state index contributed by atoms with van der Waals surface area (Å²) < 4.78 is 10.9. The van der Waals surface area contributed by atoms with E-state index >= 15 is 0 Å². The number of alkyl carbamates (subject to hydrolysis) is 1. The van der Waals surface area contributed by atoms with Gasteiger partial charge in [0.15, 0.2) is 6.10 Å². The van der Waals surface area contributed by atoms with Gasteiger partial charge in [0.1, 0.15) is 5.75 Å². The fourth-order valence-corrected chi connectivity index (χ4v) is 2.89. The summed E-state index contributed by atoms with van der Waals surface area (Å²) in [6.07, 6.45) is 4.56. The third kappa shape index (κ3) is 3.83. The third-order valence-electron chi connectivity index (χ3n) is 4.11. The van der Waals surface area contributed by atoms with Crippen LogP contribution in [0.4, 0.5) is 4.79 Å². The van der Waals surface area contributed by atoms with E-state index in [1.165, 1.54) is 0 Å². The molecule has 1 aliphatic rings. The topological polar surface area (TPSA) is 59.9 Å². The summed E-state index contributed by atoms with van der Waals surface area (Å²) in [4.78, 5) is 15.7. The second-order valence-electron chi connectivity index (χ2n) is 5.73. The Morgan fingerprint density at radius 2 is 1.92 bits per heavy atom. The Morgan fingerprint density at radius 3 is 2.65 bits per heavy atom. The van der Waals surface area contributed by atoms with Crippen molar-refractivity contribution in [2.45, 2.75) is 12.1 Å². The summed E-state index contributed by atoms with van der Waals surface area (Å²) in [7, 11) is 1.60. The molecule has 1 N–H and O–H groups in total. The van der Waals surface area contributed by atoms with Crippen molar-refractivity contribution in [2.24, 2.45) is 4.99 Å². The fraction of sp³-hybridized carbons (Fsp3) is 0.143. The van der Waals surface area contributed by atoms with Crippen LogP contribution in [0.3, 0.4) is 0 Å². The summed E-state index contributed by atoms with van der Waals surface area (Å²) in [6.45, 7) is 3.53. The fourth-order valence-electron chi connectivity index (χ4n) is 2.89. The van der Waals surface area contributed by atoms with E-state index in [0.29, 0.717) is 5.75 Å². The number of carbonyl (C=O) groups is 1. The maximum absolute atomic E-state index is 11.8. The molecule has 132 valence electrons. The van der Waals surface area contributed by atoms with Crippen molar-refractivity contribution in [1.82, 2.24) is 5.32 Å². The minimum absolute atomic E-state index is 0.323. The van der Waals surface area contributed by atoms with Crippen molar-refractivity contribution in [3.05, 3.63) is 84.1 Å². The number of rotatable bonds is 6. The first kappa shape index (κ1) is 17.5. The summed E-state index contributed by atoms with van der Waals surface area (Å²) >= 11 is 0. The average Bonchev–Trinajstić information content (AvgIpc) is 3.06. The second kappa shape index (κ2) is 8.16. The van der Waals surface area contributed by atoms with E-state index in [9.17, 15) is 4.79 Å². The lowest BCUT2D eigenvalue weighted by Crippen LogP contribution is -2.25. The van der Waals surface area contributed by atoms with Crippen molar-refractivity contribution in [2.75, 3.05) is 7.11 Å². The molecule has 5 heteroatoms. The minimum Gasteiger partial charge on any atom is -0.496 e. The van der Waals surface area contributed by atoms with Crippen molar-refractivity contribution in [1.29, 1.82) is 0 Å². The Kier molecular flexibility index (Phi) is 5.49. The SMILES string of the molecule is C=N/C=C(\C=C\[C@H]1NC(=O)O[C@@H]1c1ccccc1OC)c1ccccc1. The number of hydrogen-bond donors (Lipinski definition) is 1. The smallest absolute Gasteiger partial charge is 0.408 e. The first-order valence-electron chi connectivity index (χ1n) is 8.22. The van der Waals surface area contributed by atoms with E-state index in [4.69, 9.17) is 9.47 Å². The Morgan fingerprint density at radius 1 is 1.19 bits per heavy atom. The van der Waals surface area contributed by atoms with Gasteiger partial charge in [-0.3, -0.25) is 4.99 Å². The number of para-hydroxylation sites is 1. The van der Waals surface area contributed by atoms with Crippen LogP contribution < -0.4 is 10.1 Å². The van der Waals surface area contributed by atoms with Crippen molar-refractivity contribution in [3.8, 4) is 5.75 Å². The standard InChI is InChI=1S/C21H20N2O3/c1-22-14-16(15-8-4-3-5-9-15)12-13-18-20(26-21(24)23-18)17-10-6-7-11-19(17)25-2/h3-14,18,20H,1H2,2H3,(H,23,24)/b13-12+,16-14+/t18-,20-/m1/s1. The number of carbonyl (C=O) groups excluding carboxylic acids is 1. The number of ether oxygens (including phenoxy) is 2. The van der Waals surface area contributed by atoms with Crippen molar-refractivity contribution in [3.63, 3.8) is 0 Å². The van der Waals surface area contributed by atoms with Crippen LogP contribution in [-0.4, -0.2) is 26.0 Å². The number of cyclic esters (lactones) is 1. The van der Waals surface area contributed by atoms with Gasteiger partial charge in [-0.15, -0.1) is 0 Å². The van der Waals surface area contributed by atoms with Crippen LogP contribution >= 0.6 is 0 Å². The lowest BCUT2D eigenvalue weighted by Gasteiger charge is -2.17. The molecule has 1 amide bonds. The van der Waals surface area contributed by atoms with Gasteiger partial charge in [-0.2, -0.15) is 0 Å². The Balaban J connectivity index is 1.89. The molecule has 2 aromatic carbocycles. The number of benzene rings is 2. The first-order chi connectivity index (χ1) is 12.7. The predicted molar refractivity (Wildman–Crippen MR) is 102 cm³/mol. The van der Waals surface area contributed by atoms with Crippen LogP contribution in [-0.2, 0) is 4.74 Å². The molecule has 1 saturated heterocycles. The Labute approximate surface area is 152 Å². The molecule has 0 saturated carbocycles. The van der Waals surface area contributed by atoms with Crippen LogP contribution in [0.5, 0.6) is 5.75 Å². The lowest BCUT2D eigenvalue weighted by molar-refractivity contribution is 0.134. The van der Waals surface area contributed by atoms with Gasteiger partial charge < -0.3 is 14.8 Å². The highest BCUT2D eigenvalue weighted by Crippen LogP contribution is 2.33. The zero-order valence-corrected chi connectivity index (χ0v) is 14.5. The van der Waals surface area contributed by atoms with Gasteiger partial charge in [0.05, 0.1) is 13.2 Å². The van der Waals surface area contributed by atoms with Gasteiger partial charge in [0.2, 0.25) is 0 Å². The van der Waals surface area contributed by atoms with Gasteiger partial charge in [-0.05, 0) is 23.9 Å². The van der Waals surface area contributed by atoms with Crippen LogP contribution in [0.15, 0.2) is 77.9 Å². The van der Waals surface area contributed by atoms with E-state index in [0.717, 1.165) is 16.7 Å². The predicted octanol–water partition coefficient (Wildman–Crippen LogP) is 4.14. The number of methoxy groups -OCH3 is 1. The number of allylic oxidation sites excluding steroid dienone is 2. The van der Waals surface area contributed by atoms with E-state index < -0.39 is 12.2 Å². The average molecular weight is 348 g/mol. The molecule has 26 heavy (non-hydrogen) atoms. The molecule has 1 fully saturated rings. The minimum atomic E-state index is -0.469. The third-order valence-corrected chi connectivity index (χ3v) is 4.11. The largest absolute Gasteiger partial charge is 0.496 e. The zero-order valence-electron chi connectivity index (χ0n) is 14.5. The van der Waals surface area contributed by atoms with Gasteiger partial charge in [0.25, 0.3) is 0 Å². The molecule has 3 rings (SSSR count). The number of hydrogen-bond acceptors (Lipinski definition) is 4. The van der Waals surface area contributed by atoms with Gasteiger partial charge in [-0.1, -0.05) is 60.7 Å². The molecular weight excluding hydrogens is 328 g/mol. The van der Waals surface area contributed by atoms with Crippen LogP contribution in [0.2, 0.25) is 0 Å². The number of amides is 1. The van der Waals surface area contributed by atoms with Crippen molar-refractivity contribution < 1.29 is 14.3 Å². The summed E-state index contributed by atoms with van der Waals surface area (Å²) in [6, 6.07) is 17.0. The molecule has 0 aliphatic carbocycles. The molecule has 0 unspecified atom stereocenters. The maximum atomic E-state index is 11.8. The highest BCUT2D eigenvalue weighted by atomic mass is 16.6.